The van der Waals surface area contributed by atoms with Crippen LogP contribution in [0.4, 0.5) is 5.69 Å². The van der Waals surface area contributed by atoms with E-state index < -0.39 is 0 Å². The molecule has 0 radical (unpaired) electrons. The second-order valence-corrected chi connectivity index (χ2v) is 11.4. The number of amides is 1. The minimum absolute atomic E-state index is 0.00187. The van der Waals surface area contributed by atoms with E-state index in [1.807, 2.05) is 36.1 Å². The van der Waals surface area contributed by atoms with E-state index in [1.165, 1.54) is 12.3 Å². The Kier molecular flexibility index (Phi) is 6.51. The molecule has 9 nitrogen and oxygen atoms in total. The van der Waals surface area contributed by atoms with Crippen LogP contribution in [0.5, 0.6) is 0 Å². The number of hydrogen-bond donors (Lipinski definition) is 4. The molecule has 2 fully saturated rings. The van der Waals surface area contributed by atoms with Gasteiger partial charge in [0, 0.05) is 70.3 Å². The Bertz CT molecular complexity index is 1660. The number of aliphatic hydroxyl groups excluding tert-OH is 1. The molecule has 206 valence electrons. The Morgan fingerprint density at radius 1 is 1.30 bits per heavy atom. The maximum absolute atomic E-state index is 12.0. The molecule has 4 aromatic rings. The standard InChI is InChI=1S/C30H32ClN7O2/c1-4-25(40)37-15-30(16-37)11-21(12-30)38-18(3)26(27-22-14-34-35-24(22)9-17(2)28(27)31)29(36-38)19-5-6-23(33-7-8-39)20(10-19)13-32/h4-6,9-10,13-14,21,32-33,39H,1,7-8,11-12,15-16H2,2-3H3,(H,34,35). The summed E-state index contributed by atoms with van der Waals surface area (Å²) in [7, 11) is 0. The third-order valence-corrected chi connectivity index (χ3v) is 8.88. The smallest absolute Gasteiger partial charge is 0.245 e. The molecule has 3 heterocycles. The zero-order valence-corrected chi connectivity index (χ0v) is 23.3. The molecule has 1 amide bonds. The number of anilines is 1. The number of benzene rings is 2. The van der Waals surface area contributed by atoms with Gasteiger partial charge in [-0.25, -0.2) is 0 Å². The topological polar surface area (TPSA) is 123 Å². The van der Waals surface area contributed by atoms with Crippen LogP contribution in [0.1, 0.15) is 35.7 Å². The van der Waals surface area contributed by atoms with Crippen LogP contribution in [0.15, 0.2) is 43.1 Å². The summed E-state index contributed by atoms with van der Waals surface area (Å²) >= 11 is 7.01. The van der Waals surface area contributed by atoms with Gasteiger partial charge in [0.25, 0.3) is 0 Å². The van der Waals surface area contributed by atoms with Gasteiger partial charge in [-0.05, 0) is 56.5 Å². The molecule has 0 bridgehead atoms. The average Bonchev–Trinajstić information content (AvgIpc) is 3.50. The van der Waals surface area contributed by atoms with Gasteiger partial charge in [-0.3, -0.25) is 14.6 Å². The Morgan fingerprint density at radius 3 is 2.77 bits per heavy atom. The van der Waals surface area contributed by atoms with Gasteiger partial charge in [-0.2, -0.15) is 10.2 Å². The van der Waals surface area contributed by atoms with Gasteiger partial charge in [0.05, 0.1) is 29.4 Å². The maximum Gasteiger partial charge on any atom is 0.245 e. The number of aliphatic hydroxyl groups is 1. The summed E-state index contributed by atoms with van der Waals surface area (Å²) in [4.78, 5) is 13.9. The van der Waals surface area contributed by atoms with E-state index in [1.54, 1.807) is 6.20 Å². The Balaban J connectivity index is 1.46. The lowest BCUT2D eigenvalue weighted by Gasteiger charge is -2.58. The molecule has 2 aromatic carbocycles. The lowest BCUT2D eigenvalue weighted by Crippen LogP contribution is -2.63. The predicted octanol–water partition coefficient (Wildman–Crippen LogP) is 5.12. The molecule has 4 N–H and O–H groups in total. The molecule has 1 aliphatic carbocycles. The minimum atomic E-state index is -0.00827. The molecule has 1 aliphatic heterocycles. The van der Waals surface area contributed by atoms with Crippen molar-refractivity contribution in [2.75, 3.05) is 31.6 Å². The second kappa shape index (κ2) is 9.91. The van der Waals surface area contributed by atoms with Gasteiger partial charge in [0.1, 0.15) is 5.69 Å². The Labute approximate surface area is 237 Å². The molecular weight excluding hydrogens is 526 g/mol. The summed E-state index contributed by atoms with van der Waals surface area (Å²) in [5.41, 5.74) is 8.01. The van der Waals surface area contributed by atoms with Crippen molar-refractivity contribution in [2.24, 2.45) is 5.41 Å². The number of carbonyl (C=O) groups is 1. The zero-order valence-electron chi connectivity index (χ0n) is 22.6. The summed E-state index contributed by atoms with van der Waals surface area (Å²) in [6.45, 7) is 9.61. The van der Waals surface area contributed by atoms with E-state index >= 15 is 0 Å². The van der Waals surface area contributed by atoms with Crippen LogP contribution in [-0.2, 0) is 4.79 Å². The summed E-state index contributed by atoms with van der Waals surface area (Å²) in [5.74, 6) is -0.00827. The fourth-order valence-corrected chi connectivity index (χ4v) is 6.67. The van der Waals surface area contributed by atoms with E-state index in [-0.39, 0.29) is 24.0 Å². The summed E-state index contributed by atoms with van der Waals surface area (Å²) in [5, 5.41) is 34.6. The van der Waals surface area contributed by atoms with E-state index in [4.69, 9.17) is 22.1 Å². The fraction of sp³-hybridized carbons (Fsp3) is 0.333. The third kappa shape index (κ3) is 4.12. The van der Waals surface area contributed by atoms with Gasteiger partial charge in [0.15, 0.2) is 0 Å². The molecule has 0 unspecified atom stereocenters. The first kappa shape index (κ1) is 26.3. The number of H-pyrrole nitrogens is 1. The number of nitrogens with one attached hydrogen (secondary N) is 3. The van der Waals surface area contributed by atoms with Crippen molar-refractivity contribution < 1.29 is 9.90 Å². The normalized spacial score (nSPS) is 16.1. The van der Waals surface area contributed by atoms with Crippen LogP contribution in [-0.4, -0.2) is 68.3 Å². The lowest BCUT2D eigenvalue weighted by atomic mass is 9.60. The van der Waals surface area contributed by atoms with E-state index in [9.17, 15) is 9.90 Å². The van der Waals surface area contributed by atoms with Gasteiger partial charge < -0.3 is 20.7 Å². The first-order valence-corrected chi connectivity index (χ1v) is 13.8. The predicted molar refractivity (Wildman–Crippen MR) is 158 cm³/mol. The number of halogens is 1. The number of carbonyl (C=O) groups excluding carboxylic acids is 1. The Hall–Kier alpha value is -3.95. The molecule has 10 heteroatoms. The number of aryl methyl sites for hydroxylation is 1. The number of aromatic nitrogens is 4. The van der Waals surface area contributed by atoms with Gasteiger partial charge in [-0.1, -0.05) is 24.2 Å². The summed E-state index contributed by atoms with van der Waals surface area (Å²) in [6, 6.07) is 8.08. The fourth-order valence-electron chi connectivity index (χ4n) is 6.42. The lowest BCUT2D eigenvalue weighted by molar-refractivity contribution is -0.149. The summed E-state index contributed by atoms with van der Waals surface area (Å²) in [6.07, 6.45) is 6.40. The van der Waals surface area contributed by atoms with E-state index in [2.05, 4.69) is 33.7 Å². The van der Waals surface area contributed by atoms with Crippen molar-refractivity contribution in [3.63, 3.8) is 0 Å². The Morgan fingerprint density at radius 2 is 2.08 bits per heavy atom. The number of aromatic amines is 1. The SMILES string of the molecule is C=CC(=O)N1CC2(CC(n3nc(-c4ccc(NCCO)c(C=N)c4)c(-c4c(Cl)c(C)cc5[nH]ncc45)c3C)C2)C1. The van der Waals surface area contributed by atoms with Crippen LogP contribution in [0.3, 0.4) is 0 Å². The van der Waals surface area contributed by atoms with Crippen LogP contribution in [0.25, 0.3) is 33.3 Å². The van der Waals surface area contributed by atoms with Crippen molar-refractivity contribution in [3.05, 3.63) is 65.0 Å². The van der Waals surface area contributed by atoms with Crippen molar-refractivity contribution in [1.29, 1.82) is 5.41 Å². The molecule has 1 saturated heterocycles. The molecule has 0 atom stereocenters. The van der Waals surface area contributed by atoms with Crippen molar-refractivity contribution in [3.8, 4) is 22.4 Å². The number of hydrogen-bond acceptors (Lipinski definition) is 6. The quantitative estimate of drug-likeness (QED) is 0.177. The average molecular weight is 558 g/mol. The molecular formula is C30H32ClN7O2. The van der Waals surface area contributed by atoms with Crippen LogP contribution < -0.4 is 5.32 Å². The number of nitrogens with zero attached hydrogens (tertiary/aromatic N) is 4. The highest BCUT2D eigenvalue weighted by Crippen LogP contribution is 2.55. The molecule has 40 heavy (non-hydrogen) atoms. The highest BCUT2D eigenvalue weighted by molar-refractivity contribution is 6.36. The van der Waals surface area contributed by atoms with E-state index in [0.29, 0.717) is 17.1 Å². The van der Waals surface area contributed by atoms with Crippen LogP contribution in [0.2, 0.25) is 5.02 Å². The molecule has 1 spiro atoms. The van der Waals surface area contributed by atoms with Crippen LogP contribution >= 0.6 is 11.6 Å². The van der Waals surface area contributed by atoms with Gasteiger partial charge in [-0.15, -0.1) is 0 Å². The molecule has 2 aromatic heterocycles. The molecule has 6 rings (SSSR count). The number of likely N-dealkylation sites (tertiary alicyclic amines) is 1. The van der Waals surface area contributed by atoms with E-state index in [0.717, 1.165) is 76.2 Å². The number of fused-ring (bicyclic) bond motifs is 1. The van der Waals surface area contributed by atoms with Crippen molar-refractivity contribution in [1.82, 2.24) is 24.9 Å². The maximum atomic E-state index is 12.0. The van der Waals surface area contributed by atoms with Crippen molar-refractivity contribution in [2.45, 2.75) is 32.7 Å². The minimum Gasteiger partial charge on any atom is -0.395 e. The number of rotatable bonds is 8. The largest absolute Gasteiger partial charge is 0.395 e. The first-order valence-electron chi connectivity index (χ1n) is 13.4. The summed E-state index contributed by atoms with van der Waals surface area (Å²) < 4.78 is 2.13. The van der Waals surface area contributed by atoms with Crippen LogP contribution in [0, 0.1) is 24.7 Å². The highest BCUT2D eigenvalue weighted by Gasteiger charge is 2.54. The third-order valence-electron chi connectivity index (χ3n) is 8.39. The van der Waals surface area contributed by atoms with Crippen molar-refractivity contribution >= 4 is 40.3 Å². The monoisotopic (exact) mass is 557 g/mol. The highest BCUT2D eigenvalue weighted by atomic mass is 35.5. The molecule has 1 saturated carbocycles. The second-order valence-electron chi connectivity index (χ2n) is 11.0. The zero-order chi connectivity index (χ0) is 28.2. The first-order chi connectivity index (χ1) is 19.3. The van der Waals surface area contributed by atoms with Gasteiger partial charge >= 0.3 is 0 Å². The molecule has 2 aliphatic rings. The van der Waals surface area contributed by atoms with Gasteiger partial charge in [0.2, 0.25) is 5.91 Å².